The molecule has 0 unspecified atom stereocenters. The third-order valence-corrected chi connectivity index (χ3v) is 6.60. The quantitative estimate of drug-likeness (QED) is 0.329. The minimum absolute atomic E-state index is 0.202. The van der Waals surface area contributed by atoms with Gasteiger partial charge in [-0.3, -0.25) is 20.1 Å². The first kappa shape index (κ1) is 21.6. The number of nitrogens with one attached hydrogen (secondary N) is 3. The van der Waals surface area contributed by atoms with Gasteiger partial charge < -0.3 is 15.0 Å². The zero-order valence-electron chi connectivity index (χ0n) is 19.8. The third-order valence-electron chi connectivity index (χ3n) is 6.60. The molecular weight excluding hydrogens is 466 g/mol. The molecule has 10 nitrogen and oxygen atoms in total. The van der Waals surface area contributed by atoms with E-state index in [-0.39, 0.29) is 6.10 Å². The lowest BCUT2D eigenvalue weighted by Gasteiger charge is -2.23. The molecular formula is C27H23N9O. The third kappa shape index (κ3) is 4.07. The van der Waals surface area contributed by atoms with Gasteiger partial charge in [-0.15, -0.1) is 0 Å². The molecule has 0 aromatic carbocycles. The van der Waals surface area contributed by atoms with Gasteiger partial charge in [0.1, 0.15) is 22.9 Å². The van der Waals surface area contributed by atoms with Gasteiger partial charge in [-0.05, 0) is 50.2 Å². The molecule has 3 N–H and O–H groups in total. The molecule has 7 heterocycles. The number of aromatic amines is 2. The maximum Gasteiger partial charge on any atom is 0.161 e. The Hall–Kier alpha value is -4.70. The van der Waals surface area contributed by atoms with Crippen LogP contribution in [0.5, 0.6) is 5.75 Å². The summed E-state index contributed by atoms with van der Waals surface area (Å²) in [4.78, 5) is 26.2. The molecule has 1 aliphatic heterocycles. The number of H-pyrrole nitrogens is 2. The number of aromatic nitrogens is 8. The predicted molar refractivity (Wildman–Crippen MR) is 140 cm³/mol. The van der Waals surface area contributed by atoms with Gasteiger partial charge in [-0.25, -0.2) is 9.97 Å². The molecule has 0 bridgehead atoms. The number of rotatable bonds is 5. The Bertz CT molecular complexity index is 1700. The van der Waals surface area contributed by atoms with Crippen molar-refractivity contribution in [1.29, 1.82) is 0 Å². The van der Waals surface area contributed by atoms with Crippen LogP contribution >= 0.6 is 0 Å². The number of imidazole rings is 1. The topological polar surface area (TPSA) is 130 Å². The van der Waals surface area contributed by atoms with E-state index in [1.54, 1.807) is 37.2 Å². The van der Waals surface area contributed by atoms with E-state index in [0.29, 0.717) is 11.5 Å². The number of fused-ring (bicyclic) bond motifs is 2. The highest BCUT2D eigenvalue weighted by atomic mass is 16.5. The summed E-state index contributed by atoms with van der Waals surface area (Å²) in [7, 11) is 0. The molecule has 1 fully saturated rings. The molecule has 0 atom stereocenters. The van der Waals surface area contributed by atoms with Gasteiger partial charge in [-0.1, -0.05) is 6.07 Å². The Labute approximate surface area is 211 Å². The van der Waals surface area contributed by atoms with Crippen LogP contribution in [0.25, 0.3) is 56.0 Å². The van der Waals surface area contributed by atoms with Crippen LogP contribution in [0.3, 0.4) is 0 Å². The molecule has 182 valence electrons. The molecule has 6 aromatic rings. The van der Waals surface area contributed by atoms with Crippen LogP contribution in [-0.2, 0) is 0 Å². The van der Waals surface area contributed by atoms with E-state index in [9.17, 15) is 0 Å². The summed E-state index contributed by atoms with van der Waals surface area (Å²) in [5.41, 5.74) is 7.31. The van der Waals surface area contributed by atoms with Crippen molar-refractivity contribution >= 4 is 22.1 Å². The summed E-state index contributed by atoms with van der Waals surface area (Å²) < 4.78 is 6.19. The van der Waals surface area contributed by atoms with Crippen molar-refractivity contribution in [2.24, 2.45) is 0 Å². The van der Waals surface area contributed by atoms with Crippen LogP contribution < -0.4 is 10.1 Å². The van der Waals surface area contributed by atoms with E-state index in [4.69, 9.17) is 14.7 Å². The second kappa shape index (κ2) is 9.07. The molecule has 0 saturated carbocycles. The van der Waals surface area contributed by atoms with Crippen LogP contribution in [0.4, 0.5) is 0 Å². The normalized spacial score (nSPS) is 14.4. The Kier molecular flexibility index (Phi) is 5.29. The Balaban J connectivity index is 1.26. The molecule has 6 aromatic heterocycles. The van der Waals surface area contributed by atoms with Gasteiger partial charge in [0.2, 0.25) is 0 Å². The summed E-state index contributed by atoms with van der Waals surface area (Å²) in [5, 5.41) is 11.0. The molecule has 0 amide bonds. The highest BCUT2D eigenvalue weighted by Crippen LogP contribution is 2.31. The fourth-order valence-corrected chi connectivity index (χ4v) is 4.73. The van der Waals surface area contributed by atoms with Gasteiger partial charge in [0.25, 0.3) is 0 Å². The van der Waals surface area contributed by atoms with Crippen LogP contribution in [-0.4, -0.2) is 59.3 Å². The van der Waals surface area contributed by atoms with Crippen molar-refractivity contribution in [3.63, 3.8) is 0 Å². The first-order valence-corrected chi connectivity index (χ1v) is 12.2. The van der Waals surface area contributed by atoms with Crippen molar-refractivity contribution in [3.8, 4) is 39.7 Å². The number of ether oxygens (including phenoxy) is 1. The number of hydrogen-bond donors (Lipinski definition) is 3. The van der Waals surface area contributed by atoms with Gasteiger partial charge in [0, 0.05) is 41.5 Å². The smallest absolute Gasteiger partial charge is 0.161 e. The molecule has 0 radical (unpaired) electrons. The van der Waals surface area contributed by atoms with Crippen LogP contribution in [0.2, 0.25) is 0 Å². The Morgan fingerprint density at radius 1 is 0.811 bits per heavy atom. The van der Waals surface area contributed by atoms with Crippen molar-refractivity contribution < 1.29 is 4.74 Å². The lowest BCUT2D eigenvalue weighted by molar-refractivity contribution is 0.162. The molecule has 1 aliphatic rings. The van der Waals surface area contributed by atoms with E-state index in [2.05, 4.69) is 35.5 Å². The first-order valence-electron chi connectivity index (χ1n) is 12.2. The first-order chi connectivity index (χ1) is 18.3. The maximum absolute atomic E-state index is 6.19. The molecule has 0 spiro atoms. The fraction of sp³-hybridized carbons (Fsp3) is 0.185. The predicted octanol–water partition coefficient (Wildman–Crippen LogP) is 4.15. The largest absolute Gasteiger partial charge is 0.489 e. The SMILES string of the molecule is c1cncc(-c2cncc3[nH]c(-c4n[nH]c5ccc(-c6cncc(OC7CCNCC7)c6)nc45)nc23)c1. The molecule has 0 aliphatic carbocycles. The van der Waals surface area contributed by atoms with Gasteiger partial charge in [-0.2, -0.15) is 5.10 Å². The standard InChI is InChI=1S/C27H23N9O/c1-2-16(11-29-7-1)20-14-31-15-23-24(20)34-27(33-23)26-25-22(35-36-26)4-3-21(32-25)17-10-19(13-30-12-17)37-18-5-8-28-9-6-18/h1-4,7,10-15,18,28H,5-6,8-9H2,(H,33,34)(H,35,36). The maximum atomic E-state index is 6.19. The highest BCUT2D eigenvalue weighted by molar-refractivity contribution is 5.95. The van der Waals surface area contributed by atoms with Gasteiger partial charge in [0.05, 0.1) is 29.1 Å². The summed E-state index contributed by atoms with van der Waals surface area (Å²) in [5.74, 6) is 1.37. The van der Waals surface area contributed by atoms with Crippen LogP contribution in [0.1, 0.15) is 12.8 Å². The van der Waals surface area contributed by atoms with E-state index in [0.717, 1.165) is 76.1 Å². The average Bonchev–Trinajstić information content (AvgIpc) is 3.58. The Morgan fingerprint density at radius 2 is 1.70 bits per heavy atom. The summed E-state index contributed by atoms with van der Waals surface area (Å²) >= 11 is 0. The second-order valence-electron chi connectivity index (χ2n) is 9.05. The number of pyridine rings is 4. The average molecular weight is 490 g/mol. The summed E-state index contributed by atoms with van der Waals surface area (Å²) in [6.45, 7) is 1.95. The summed E-state index contributed by atoms with van der Waals surface area (Å²) in [6, 6.07) is 9.82. The van der Waals surface area contributed by atoms with Crippen LogP contribution in [0.15, 0.2) is 67.5 Å². The minimum Gasteiger partial charge on any atom is -0.489 e. The monoisotopic (exact) mass is 489 g/mol. The molecule has 10 heteroatoms. The van der Waals surface area contributed by atoms with Crippen molar-refractivity contribution in [3.05, 3.63) is 67.5 Å². The van der Waals surface area contributed by atoms with Crippen molar-refractivity contribution in [2.75, 3.05) is 13.1 Å². The van der Waals surface area contributed by atoms with Crippen LogP contribution in [0, 0.1) is 0 Å². The zero-order chi connectivity index (χ0) is 24.6. The van der Waals surface area contributed by atoms with Gasteiger partial charge >= 0.3 is 0 Å². The van der Waals surface area contributed by atoms with Crippen molar-refractivity contribution in [1.82, 2.24) is 45.4 Å². The number of nitrogens with zero attached hydrogens (tertiary/aromatic N) is 6. The second-order valence-corrected chi connectivity index (χ2v) is 9.05. The van der Waals surface area contributed by atoms with E-state index in [1.807, 2.05) is 30.3 Å². The number of piperidine rings is 1. The number of hydrogen-bond acceptors (Lipinski definition) is 8. The molecule has 37 heavy (non-hydrogen) atoms. The van der Waals surface area contributed by atoms with Gasteiger partial charge in [0.15, 0.2) is 11.5 Å². The summed E-state index contributed by atoms with van der Waals surface area (Å²) in [6.07, 6.45) is 12.9. The van der Waals surface area contributed by atoms with E-state index < -0.39 is 0 Å². The van der Waals surface area contributed by atoms with E-state index in [1.165, 1.54) is 0 Å². The Morgan fingerprint density at radius 3 is 2.59 bits per heavy atom. The van der Waals surface area contributed by atoms with E-state index >= 15 is 0 Å². The fourth-order valence-electron chi connectivity index (χ4n) is 4.73. The molecule has 1 saturated heterocycles. The highest BCUT2D eigenvalue weighted by Gasteiger charge is 2.18. The minimum atomic E-state index is 0.202. The van der Waals surface area contributed by atoms with Crippen molar-refractivity contribution in [2.45, 2.75) is 18.9 Å². The lowest BCUT2D eigenvalue weighted by atomic mass is 10.1. The molecule has 7 rings (SSSR count). The lowest BCUT2D eigenvalue weighted by Crippen LogP contribution is -2.34. The zero-order valence-corrected chi connectivity index (χ0v) is 19.8.